The highest BCUT2D eigenvalue weighted by molar-refractivity contribution is 7.92. The molecule has 0 bridgehead atoms. The minimum absolute atomic E-state index is 0.0185. The van der Waals surface area contributed by atoms with Gasteiger partial charge in [0.15, 0.2) is 11.5 Å². The second kappa shape index (κ2) is 9.33. The average molecular weight is 487 g/mol. The Labute approximate surface area is 197 Å². The summed E-state index contributed by atoms with van der Waals surface area (Å²) in [6, 6.07) is 16.8. The highest BCUT2D eigenvalue weighted by Gasteiger charge is 2.24. The van der Waals surface area contributed by atoms with Gasteiger partial charge in [-0.25, -0.2) is 8.42 Å². The third-order valence-corrected chi connectivity index (χ3v) is 7.24. The Morgan fingerprint density at radius 2 is 1.82 bits per heavy atom. The first kappa shape index (κ1) is 22.9. The number of fused-ring (bicyclic) bond motifs is 1. The molecular formula is C24H23ClN2O5S. The predicted molar refractivity (Wildman–Crippen MR) is 127 cm³/mol. The van der Waals surface area contributed by atoms with Crippen LogP contribution < -0.4 is 19.5 Å². The largest absolute Gasteiger partial charge is 0.486 e. The van der Waals surface area contributed by atoms with E-state index in [4.69, 9.17) is 21.1 Å². The third-order valence-electron chi connectivity index (χ3n) is 5.39. The molecule has 0 saturated heterocycles. The molecule has 9 heteroatoms. The number of amides is 1. The van der Waals surface area contributed by atoms with Crippen molar-refractivity contribution in [3.8, 4) is 11.5 Å². The first-order valence-corrected chi connectivity index (χ1v) is 12.2. The molecular weight excluding hydrogens is 464 g/mol. The highest BCUT2D eigenvalue weighted by atomic mass is 35.5. The summed E-state index contributed by atoms with van der Waals surface area (Å²) in [5.41, 5.74) is 2.38. The van der Waals surface area contributed by atoms with Gasteiger partial charge in [-0.15, -0.1) is 0 Å². The standard InChI is InChI=1S/C24H23ClN2O5S/c1-15-6-5-7-20(16(15)2)27-33(29,30)23-12-17(10-11-19(23)25)24(28)26-13-18-14-31-21-8-3-4-9-22(21)32-18/h3-12,18,27H,13-14H2,1-2H3,(H,26,28). The summed E-state index contributed by atoms with van der Waals surface area (Å²) < 4.78 is 40.1. The molecule has 0 radical (unpaired) electrons. The molecule has 0 aromatic heterocycles. The van der Waals surface area contributed by atoms with Crippen LogP contribution in [0.3, 0.4) is 0 Å². The van der Waals surface area contributed by atoms with Gasteiger partial charge in [-0.2, -0.15) is 0 Å². The molecule has 0 saturated carbocycles. The van der Waals surface area contributed by atoms with E-state index in [1.807, 2.05) is 38.1 Å². The molecule has 1 aliphatic heterocycles. The molecule has 2 N–H and O–H groups in total. The lowest BCUT2D eigenvalue weighted by Crippen LogP contribution is -2.40. The molecule has 3 aromatic carbocycles. The van der Waals surface area contributed by atoms with Gasteiger partial charge in [0.2, 0.25) is 0 Å². The monoisotopic (exact) mass is 486 g/mol. The fourth-order valence-electron chi connectivity index (χ4n) is 3.38. The number of nitrogens with one attached hydrogen (secondary N) is 2. The molecule has 1 amide bonds. The minimum atomic E-state index is -4.01. The number of aryl methyl sites for hydroxylation is 1. The van der Waals surface area contributed by atoms with Crippen LogP contribution in [0.4, 0.5) is 5.69 Å². The van der Waals surface area contributed by atoms with Crippen molar-refractivity contribution < 1.29 is 22.7 Å². The second-order valence-corrected chi connectivity index (χ2v) is 9.76. The number of benzene rings is 3. The summed E-state index contributed by atoms with van der Waals surface area (Å²) in [6.07, 6.45) is -0.370. The predicted octanol–water partition coefficient (Wildman–Crippen LogP) is 4.33. The summed E-state index contributed by atoms with van der Waals surface area (Å²) in [7, 11) is -4.01. The zero-order valence-corrected chi connectivity index (χ0v) is 19.7. The van der Waals surface area contributed by atoms with Gasteiger partial charge < -0.3 is 14.8 Å². The van der Waals surface area contributed by atoms with Crippen molar-refractivity contribution in [2.24, 2.45) is 0 Å². The van der Waals surface area contributed by atoms with Gasteiger partial charge in [0.05, 0.1) is 17.3 Å². The van der Waals surface area contributed by atoms with Crippen molar-refractivity contribution >= 4 is 33.2 Å². The van der Waals surface area contributed by atoms with Gasteiger partial charge >= 0.3 is 0 Å². The van der Waals surface area contributed by atoms with E-state index in [9.17, 15) is 13.2 Å². The van der Waals surface area contributed by atoms with E-state index >= 15 is 0 Å². The number of rotatable bonds is 6. The third kappa shape index (κ3) is 5.07. The van der Waals surface area contributed by atoms with Crippen LogP contribution in [0.25, 0.3) is 0 Å². The molecule has 0 spiro atoms. The molecule has 33 heavy (non-hydrogen) atoms. The van der Waals surface area contributed by atoms with E-state index in [-0.39, 0.29) is 34.7 Å². The Morgan fingerprint density at radius 1 is 1.06 bits per heavy atom. The van der Waals surface area contributed by atoms with Gasteiger partial charge in [-0.1, -0.05) is 35.9 Å². The van der Waals surface area contributed by atoms with Gasteiger partial charge in [-0.05, 0) is 61.4 Å². The maximum absolute atomic E-state index is 13.0. The zero-order chi connectivity index (χ0) is 23.6. The van der Waals surface area contributed by atoms with Crippen molar-refractivity contribution in [2.75, 3.05) is 17.9 Å². The van der Waals surface area contributed by atoms with Crippen molar-refractivity contribution in [3.63, 3.8) is 0 Å². The fourth-order valence-corrected chi connectivity index (χ4v) is 5.03. The first-order valence-electron chi connectivity index (χ1n) is 10.3. The van der Waals surface area contributed by atoms with E-state index < -0.39 is 15.9 Å². The summed E-state index contributed by atoms with van der Waals surface area (Å²) in [5, 5.41) is 2.78. The summed E-state index contributed by atoms with van der Waals surface area (Å²) >= 11 is 6.18. The lowest BCUT2D eigenvalue weighted by molar-refractivity contribution is 0.0789. The van der Waals surface area contributed by atoms with Crippen LogP contribution in [0.1, 0.15) is 21.5 Å². The Kier molecular flexibility index (Phi) is 6.49. The van der Waals surface area contributed by atoms with Crippen molar-refractivity contribution in [1.29, 1.82) is 0 Å². The summed E-state index contributed by atoms with van der Waals surface area (Å²) in [6.45, 7) is 4.20. The molecule has 1 aliphatic rings. The van der Waals surface area contributed by atoms with Gasteiger partial charge in [0.25, 0.3) is 15.9 Å². The number of sulfonamides is 1. The molecule has 1 unspecified atom stereocenters. The van der Waals surface area contributed by atoms with Crippen LogP contribution >= 0.6 is 11.6 Å². The molecule has 7 nitrogen and oxygen atoms in total. The smallest absolute Gasteiger partial charge is 0.263 e. The first-order chi connectivity index (χ1) is 15.7. The van der Waals surface area contributed by atoms with Crippen LogP contribution in [-0.4, -0.2) is 33.6 Å². The van der Waals surface area contributed by atoms with Crippen LogP contribution in [-0.2, 0) is 10.0 Å². The number of ether oxygens (including phenoxy) is 2. The van der Waals surface area contributed by atoms with E-state index in [1.54, 1.807) is 18.2 Å². The molecule has 0 aliphatic carbocycles. The number of hydrogen-bond donors (Lipinski definition) is 2. The number of anilines is 1. The number of para-hydroxylation sites is 2. The Balaban J connectivity index is 1.47. The number of hydrogen-bond acceptors (Lipinski definition) is 5. The minimum Gasteiger partial charge on any atom is -0.486 e. The summed E-state index contributed by atoms with van der Waals surface area (Å²) in [4.78, 5) is 12.5. The van der Waals surface area contributed by atoms with Crippen LogP contribution in [0.15, 0.2) is 65.6 Å². The topological polar surface area (TPSA) is 93.7 Å². The Morgan fingerprint density at radius 3 is 2.61 bits per heavy atom. The maximum atomic E-state index is 13.0. The second-order valence-electron chi connectivity index (χ2n) is 7.71. The molecule has 172 valence electrons. The van der Waals surface area contributed by atoms with E-state index in [1.165, 1.54) is 18.2 Å². The molecule has 1 heterocycles. The lowest BCUT2D eigenvalue weighted by Gasteiger charge is -2.26. The van der Waals surface area contributed by atoms with Crippen molar-refractivity contribution in [1.82, 2.24) is 5.32 Å². The lowest BCUT2D eigenvalue weighted by atomic mass is 10.1. The molecule has 3 aromatic rings. The number of halogens is 1. The van der Waals surface area contributed by atoms with E-state index in [2.05, 4.69) is 10.0 Å². The van der Waals surface area contributed by atoms with Crippen molar-refractivity contribution in [2.45, 2.75) is 24.8 Å². The van der Waals surface area contributed by atoms with Crippen LogP contribution in [0.5, 0.6) is 11.5 Å². The molecule has 4 rings (SSSR count). The summed E-state index contributed by atoms with van der Waals surface area (Å²) in [5.74, 6) is 0.821. The highest BCUT2D eigenvalue weighted by Crippen LogP contribution is 2.31. The Hall–Kier alpha value is -3.23. The number of carbonyl (C=O) groups excluding carboxylic acids is 1. The van der Waals surface area contributed by atoms with Crippen molar-refractivity contribution in [3.05, 3.63) is 82.4 Å². The molecule has 1 atom stereocenters. The van der Waals surface area contributed by atoms with Gasteiger partial charge in [0.1, 0.15) is 17.6 Å². The van der Waals surface area contributed by atoms with Gasteiger partial charge in [-0.3, -0.25) is 9.52 Å². The number of carbonyl (C=O) groups is 1. The van der Waals surface area contributed by atoms with Crippen LogP contribution in [0, 0.1) is 13.8 Å². The average Bonchev–Trinajstić information content (AvgIpc) is 2.80. The Bertz CT molecular complexity index is 1310. The van der Waals surface area contributed by atoms with Crippen LogP contribution in [0.2, 0.25) is 5.02 Å². The van der Waals surface area contributed by atoms with E-state index in [0.29, 0.717) is 17.2 Å². The SMILES string of the molecule is Cc1cccc(NS(=O)(=O)c2cc(C(=O)NCC3COc4ccccc4O3)ccc2Cl)c1C. The van der Waals surface area contributed by atoms with Gasteiger partial charge in [0, 0.05) is 5.56 Å². The normalized spacial score (nSPS) is 15.1. The quantitative estimate of drug-likeness (QED) is 0.541. The fraction of sp³-hybridized carbons (Fsp3) is 0.208. The maximum Gasteiger partial charge on any atom is 0.263 e. The zero-order valence-electron chi connectivity index (χ0n) is 18.1. The van der Waals surface area contributed by atoms with E-state index in [0.717, 1.165) is 11.1 Å². The molecule has 0 fully saturated rings.